The van der Waals surface area contributed by atoms with E-state index in [1.54, 1.807) is 47.4 Å². The zero-order valence-corrected chi connectivity index (χ0v) is 19.5. The van der Waals surface area contributed by atoms with Gasteiger partial charge in [-0.2, -0.15) is 0 Å². The molecule has 10 heteroatoms. The number of benzene rings is 3. The van der Waals surface area contributed by atoms with Crippen LogP contribution in [0.4, 0.5) is 17.1 Å². The lowest BCUT2D eigenvalue weighted by molar-refractivity contribution is -0.117. The summed E-state index contributed by atoms with van der Waals surface area (Å²) in [4.78, 5) is 13.5. The van der Waals surface area contributed by atoms with Gasteiger partial charge in [0.2, 0.25) is 5.91 Å². The molecule has 4 rings (SSSR count). The smallest absolute Gasteiger partial charge is 0.264 e. The third-order valence-corrected chi connectivity index (χ3v) is 8.58. The molecule has 0 unspecified atom stereocenters. The fourth-order valence-electron chi connectivity index (χ4n) is 3.60. The van der Waals surface area contributed by atoms with Gasteiger partial charge in [0.15, 0.2) is 0 Å². The van der Waals surface area contributed by atoms with Gasteiger partial charge in [0, 0.05) is 25.7 Å². The van der Waals surface area contributed by atoms with Crippen molar-refractivity contribution in [1.82, 2.24) is 0 Å². The van der Waals surface area contributed by atoms with Gasteiger partial charge in [-0.15, -0.1) is 0 Å². The maximum atomic E-state index is 13.0. The summed E-state index contributed by atoms with van der Waals surface area (Å²) in [5.74, 6) is 0.0160. The maximum Gasteiger partial charge on any atom is 0.264 e. The van der Waals surface area contributed by atoms with E-state index in [1.165, 1.54) is 43.4 Å². The first-order valence-electron chi connectivity index (χ1n) is 10.3. The van der Waals surface area contributed by atoms with E-state index in [4.69, 9.17) is 0 Å². The third-order valence-electron chi connectivity index (χ3n) is 5.40. The van der Waals surface area contributed by atoms with Gasteiger partial charge in [0.05, 0.1) is 21.2 Å². The number of rotatable bonds is 7. The lowest BCUT2D eigenvalue weighted by Gasteiger charge is -2.20. The van der Waals surface area contributed by atoms with Crippen molar-refractivity contribution in [2.24, 2.45) is 0 Å². The van der Waals surface area contributed by atoms with Crippen LogP contribution in [0.5, 0.6) is 0 Å². The fraction of sp³-hybridized carbons (Fsp3) is 0.174. The molecule has 3 aromatic rings. The number of nitrogens with zero attached hydrogens (tertiary/aromatic N) is 2. The second kappa shape index (κ2) is 8.87. The first-order chi connectivity index (χ1) is 15.7. The molecule has 8 nitrogen and oxygen atoms in total. The van der Waals surface area contributed by atoms with Crippen molar-refractivity contribution in [3.63, 3.8) is 0 Å². The summed E-state index contributed by atoms with van der Waals surface area (Å²) >= 11 is 0. The minimum atomic E-state index is -3.96. The summed E-state index contributed by atoms with van der Waals surface area (Å²) in [6.07, 6.45) is 1.26. The second-order valence-electron chi connectivity index (χ2n) is 7.58. The van der Waals surface area contributed by atoms with Crippen LogP contribution in [0, 0.1) is 0 Å². The molecule has 1 aliphatic heterocycles. The molecule has 1 fully saturated rings. The molecule has 33 heavy (non-hydrogen) atoms. The highest BCUT2D eigenvalue weighted by Crippen LogP contribution is 2.26. The summed E-state index contributed by atoms with van der Waals surface area (Å²) in [6.45, 7) is 0.613. The van der Waals surface area contributed by atoms with Gasteiger partial charge in [-0.25, -0.2) is 16.8 Å². The Hall–Kier alpha value is -3.37. The Labute approximate surface area is 193 Å². The van der Waals surface area contributed by atoms with Gasteiger partial charge < -0.3 is 4.90 Å². The van der Waals surface area contributed by atoms with Crippen molar-refractivity contribution in [2.45, 2.75) is 22.6 Å². The van der Waals surface area contributed by atoms with Crippen LogP contribution in [0.25, 0.3) is 0 Å². The maximum absolute atomic E-state index is 13.0. The third kappa shape index (κ3) is 4.71. The fourth-order valence-corrected chi connectivity index (χ4v) is 5.89. The predicted molar refractivity (Wildman–Crippen MR) is 127 cm³/mol. The molecule has 0 aliphatic carbocycles. The SMILES string of the molecule is CN(c1ccccc1)S(=O)(=O)c1cccc(NS(=O)(=O)c2ccc(N3CCCC3=O)cc2)c1. The average Bonchev–Trinajstić information content (AvgIpc) is 3.25. The number of sulfonamides is 2. The summed E-state index contributed by atoms with van der Waals surface area (Å²) in [7, 11) is -6.42. The molecular weight excluding hydrogens is 462 g/mol. The molecule has 3 aromatic carbocycles. The van der Waals surface area contributed by atoms with E-state index < -0.39 is 20.0 Å². The summed E-state index contributed by atoms with van der Waals surface area (Å²) in [5.41, 5.74) is 1.25. The molecule has 0 aromatic heterocycles. The summed E-state index contributed by atoms with van der Waals surface area (Å²) < 4.78 is 55.4. The van der Waals surface area contributed by atoms with E-state index in [0.717, 1.165) is 10.7 Å². The van der Waals surface area contributed by atoms with E-state index in [0.29, 0.717) is 24.3 Å². The summed E-state index contributed by atoms with van der Waals surface area (Å²) in [5, 5.41) is 0. The lowest BCUT2D eigenvalue weighted by Crippen LogP contribution is -2.26. The molecule has 0 bridgehead atoms. The van der Waals surface area contributed by atoms with Crippen molar-refractivity contribution in [3.8, 4) is 0 Å². The summed E-state index contributed by atoms with van der Waals surface area (Å²) in [6, 6.07) is 20.3. The zero-order valence-electron chi connectivity index (χ0n) is 17.9. The number of para-hydroxylation sites is 1. The van der Waals surface area contributed by atoms with Gasteiger partial charge >= 0.3 is 0 Å². The molecular formula is C23H23N3O5S2. The Morgan fingerprint density at radius 2 is 1.55 bits per heavy atom. The topological polar surface area (TPSA) is 104 Å². The second-order valence-corrected chi connectivity index (χ2v) is 11.2. The van der Waals surface area contributed by atoms with Crippen molar-refractivity contribution in [2.75, 3.05) is 27.5 Å². The predicted octanol–water partition coefficient (Wildman–Crippen LogP) is 3.44. The van der Waals surface area contributed by atoms with E-state index in [9.17, 15) is 21.6 Å². The lowest BCUT2D eigenvalue weighted by atomic mass is 10.3. The molecule has 1 aliphatic rings. The quantitative estimate of drug-likeness (QED) is 0.552. The van der Waals surface area contributed by atoms with Crippen molar-refractivity contribution < 1.29 is 21.6 Å². The number of carbonyl (C=O) groups is 1. The molecule has 0 atom stereocenters. The Morgan fingerprint density at radius 3 is 2.18 bits per heavy atom. The zero-order chi connectivity index (χ0) is 23.6. The monoisotopic (exact) mass is 485 g/mol. The van der Waals surface area contributed by atoms with E-state index in [-0.39, 0.29) is 21.4 Å². The Balaban J connectivity index is 1.56. The minimum absolute atomic E-state index is 0.00700. The highest BCUT2D eigenvalue weighted by atomic mass is 32.2. The van der Waals surface area contributed by atoms with Gasteiger partial charge in [-0.05, 0) is 61.0 Å². The molecule has 1 N–H and O–H groups in total. The number of hydrogen-bond acceptors (Lipinski definition) is 5. The molecule has 172 valence electrons. The number of amides is 1. The molecule has 1 saturated heterocycles. The molecule has 0 spiro atoms. The van der Waals surface area contributed by atoms with Crippen molar-refractivity contribution in [1.29, 1.82) is 0 Å². The highest BCUT2D eigenvalue weighted by molar-refractivity contribution is 7.93. The van der Waals surface area contributed by atoms with Gasteiger partial charge in [-0.3, -0.25) is 13.8 Å². The van der Waals surface area contributed by atoms with Crippen molar-refractivity contribution in [3.05, 3.63) is 78.9 Å². The van der Waals surface area contributed by atoms with Gasteiger partial charge in [0.25, 0.3) is 20.0 Å². The van der Waals surface area contributed by atoms with Crippen LogP contribution in [-0.2, 0) is 24.8 Å². The highest BCUT2D eigenvalue weighted by Gasteiger charge is 2.24. The Kier molecular flexibility index (Phi) is 6.13. The van der Waals surface area contributed by atoms with Gasteiger partial charge in [-0.1, -0.05) is 24.3 Å². The first kappa shape index (κ1) is 22.8. The normalized spacial score (nSPS) is 14.3. The molecule has 1 heterocycles. The number of carbonyl (C=O) groups excluding carboxylic acids is 1. The van der Waals surface area contributed by atoms with E-state index in [1.807, 2.05) is 0 Å². The number of anilines is 3. The van der Waals surface area contributed by atoms with Gasteiger partial charge in [0.1, 0.15) is 0 Å². The molecule has 1 amide bonds. The first-order valence-corrected chi connectivity index (χ1v) is 13.2. The van der Waals surface area contributed by atoms with Crippen LogP contribution < -0.4 is 13.9 Å². The Morgan fingerprint density at radius 1 is 0.848 bits per heavy atom. The van der Waals surface area contributed by atoms with Crippen molar-refractivity contribution >= 4 is 43.0 Å². The minimum Gasteiger partial charge on any atom is -0.312 e. The van der Waals surface area contributed by atoms with E-state index in [2.05, 4.69) is 4.72 Å². The van der Waals surface area contributed by atoms with Crippen LogP contribution in [0.1, 0.15) is 12.8 Å². The van der Waals surface area contributed by atoms with E-state index >= 15 is 0 Å². The van der Waals surface area contributed by atoms with Crippen LogP contribution in [0.15, 0.2) is 88.7 Å². The largest absolute Gasteiger partial charge is 0.312 e. The van der Waals surface area contributed by atoms with Crippen LogP contribution in [0.2, 0.25) is 0 Å². The number of nitrogens with one attached hydrogen (secondary N) is 1. The molecule has 0 radical (unpaired) electrons. The Bertz CT molecular complexity index is 1370. The standard InChI is InChI=1S/C23H23N3O5S2/c1-25(19-8-3-2-4-9-19)33(30,31)22-10-5-7-18(17-22)24-32(28,29)21-14-12-20(13-15-21)26-16-6-11-23(26)27/h2-5,7-10,12-15,17,24H,6,11,16H2,1H3. The van der Waals surface area contributed by atoms with Crippen LogP contribution in [0.3, 0.4) is 0 Å². The number of hydrogen-bond donors (Lipinski definition) is 1. The van der Waals surface area contributed by atoms with Crippen LogP contribution in [-0.4, -0.2) is 36.3 Å². The molecule has 0 saturated carbocycles. The average molecular weight is 486 g/mol. The van der Waals surface area contributed by atoms with Crippen LogP contribution >= 0.6 is 0 Å².